The van der Waals surface area contributed by atoms with E-state index in [4.69, 9.17) is 16.3 Å². The van der Waals surface area contributed by atoms with Gasteiger partial charge in [0.15, 0.2) is 0 Å². The largest absolute Gasteiger partial charge is 0.497 e. The second-order valence-electron chi connectivity index (χ2n) is 4.68. The van der Waals surface area contributed by atoms with Crippen LogP contribution in [0.4, 0.5) is 0 Å². The number of nitrogens with one attached hydrogen (secondary N) is 1. The third-order valence-electron chi connectivity index (χ3n) is 3.37. The highest BCUT2D eigenvalue weighted by Gasteiger charge is 2.14. The summed E-state index contributed by atoms with van der Waals surface area (Å²) in [6.45, 7) is 0. The van der Waals surface area contributed by atoms with E-state index in [-0.39, 0.29) is 6.04 Å². The summed E-state index contributed by atoms with van der Waals surface area (Å²) in [5.41, 5.74) is 2.34. The standard InChI is InChI=1S/C16H16Br2ClNO/c1-20-16(10-3-5-14(18)15(19)8-10)9-11-7-12(21-2)4-6-13(11)17/h3-8,16,20H,9H2,1-2H3. The SMILES string of the molecule is CNC(Cc1cc(OC)ccc1Br)c1ccc(Br)c(Cl)c1. The normalized spacial score (nSPS) is 12.2. The Kier molecular flexibility index (Phi) is 6.11. The first-order chi connectivity index (χ1) is 10.0. The topological polar surface area (TPSA) is 21.3 Å². The van der Waals surface area contributed by atoms with E-state index in [1.165, 1.54) is 5.56 Å². The van der Waals surface area contributed by atoms with Crippen molar-refractivity contribution < 1.29 is 4.74 Å². The van der Waals surface area contributed by atoms with Crippen molar-refractivity contribution in [2.45, 2.75) is 12.5 Å². The summed E-state index contributed by atoms with van der Waals surface area (Å²) in [6, 6.07) is 12.2. The Morgan fingerprint density at radius 2 is 1.86 bits per heavy atom. The van der Waals surface area contributed by atoms with Crippen molar-refractivity contribution in [1.82, 2.24) is 5.32 Å². The molecule has 0 spiro atoms. The predicted octanol–water partition coefficient (Wildman–Crippen LogP) is 5.38. The Balaban J connectivity index is 2.28. The molecule has 1 N–H and O–H groups in total. The smallest absolute Gasteiger partial charge is 0.119 e. The van der Waals surface area contributed by atoms with Gasteiger partial charge in [0.25, 0.3) is 0 Å². The van der Waals surface area contributed by atoms with Crippen molar-refractivity contribution in [3.05, 3.63) is 61.5 Å². The van der Waals surface area contributed by atoms with Crippen LogP contribution in [-0.4, -0.2) is 14.2 Å². The molecule has 0 amide bonds. The zero-order valence-corrected chi connectivity index (χ0v) is 15.7. The Morgan fingerprint density at radius 1 is 1.14 bits per heavy atom. The average Bonchev–Trinajstić information content (AvgIpc) is 2.49. The van der Waals surface area contributed by atoms with Gasteiger partial charge in [-0.3, -0.25) is 0 Å². The van der Waals surface area contributed by atoms with Crippen LogP contribution in [0.5, 0.6) is 5.75 Å². The number of ether oxygens (including phenoxy) is 1. The van der Waals surface area contributed by atoms with E-state index >= 15 is 0 Å². The molecule has 21 heavy (non-hydrogen) atoms. The number of hydrogen-bond donors (Lipinski definition) is 1. The summed E-state index contributed by atoms with van der Waals surface area (Å²) in [5, 5.41) is 4.06. The van der Waals surface area contributed by atoms with Crippen molar-refractivity contribution >= 4 is 43.5 Å². The van der Waals surface area contributed by atoms with Crippen molar-refractivity contribution in [3.63, 3.8) is 0 Å². The van der Waals surface area contributed by atoms with Gasteiger partial charge >= 0.3 is 0 Å². The fourth-order valence-electron chi connectivity index (χ4n) is 2.17. The molecule has 5 heteroatoms. The maximum absolute atomic E-state index is 6.19. The molecule has 0 aromatic heterocycles. The van der Waals surface area contributed by atoms with Crippen molar-refractivity contribution in [3.8, 4) is 5.75 Å². The van der Waals surface area contributed by atoms with Crippen LogP contribution in [0.15, 0.2) is 45.3 Å². The first-order valence-electron chi connectivity index (χ1n) is 6.49. The average molecular weight is 434 g/mol. The van der Waals surface area contributed by atoms with Crippen LogP contribution in [0.2, 0.25) is 5.02 Å². The summed E-state index contributed by atoms with van der Waals surface area (Å²) in [7, 11) is 3.63. The molecule has 0 aliphatic rings. The molecule has 0 bridgehead atoms. The van der Waals surface area contributed by atoms with Gasteiger partial charge in [0.2, 0.25) is 0 Å². The van der Waals surface area contributed by atoms with Crippen LogP contribution >= 0.6 is 43.5 Å². The van der Waals surface area contributed by atoms with Gasteiger partial charge in [-0.25, -0.2) is 0 Å². The van der Waals surface area contributed by atoms with Gasteiger partial charge in [0.05, 0.1) is 12.1 Å². The third-order valence-corrected chi connectivity index (χ3v) is 5.38. The molecular weight excluding hydrogens is 417 g/mol. The number of methoxy groups -OCH3 is 1. The van der Waals surface area contributed by atoms with Crippen molar-refractivity contribution in [2.24, 2.45) is 0 Å². The first kappa shape index (κ1) is 16.8. The second kappa shape index (κ2) is 7.63. The number of halogens is 3. The lowest BCUT2D eigenvalue weighted by atomic mass is 9.99. The van der Waals surface area contributed by atoms with E-state index in [2.05, 4.69) is 49.3 Å². The fraction of sp³-hybridized carbons (Fsp3) is 0.250. The number of likely N-dealkylation sites (N-methyl/N-ethyl adjacent to an activating group) is 1. The minimum absolute atomic E-state index is 0.180. The van der Waals surface area contributed by atoms with E-state index in [1.807, 2.05) is 31.3 Å². The molecule has 2 rings (SSSR count). The molecule has 0 fully saturated rings. The molecular formula is C16H16Br2ClNO. The van der Waals surface area contributed by atoms with E-state index < -0.39 is 0 Å². The molecule has 0 saturated heterocycles. The van der Waals surface area contributed by atoms with Crippen LogP contribution in [0.1, 0.15) is 17.2 Å². The van der Waals surface area contributed by atoms with Gasteiger partial charge in [0.1, 0.15) is 5.75 Å². The number of hydrogen-bond acceptors (Lipinski definition) is 2. The van der Waals surface area contributed by atoms with Gasteiger partial charge in [0, 0.05) is 15.0 Å². The number of rotatable bonds is 5. The summed E-state index contributed by atoms with van der Waals surface area (Å²) in [6.07, 6.45) is 0.840. The zero-order chi connectivity index (χ0) is 15.4. The minimum atomic E-state index is 0.180. The van der Waals surface area contributed by atoms with Crippen LogP contribution < -0.4 is 10.1 Å². The van der Waals surface area contributed by atoms with Gasteiger partial charge in [-0.1, -0.05) is 33.6 Å². The molecule has 2 aromatic carbocycles. The molecule has 2 aromatic rings. The van der Waals surface area contributed by atoms with E-state index in [0.29, 0.717) is 0 Å². The molecule has 0 heterocycles. The number of benzene rings is 2. The van der Waals surface area contributed by atoms with Crippen LogP contribution in [0.3, 0.4) is 0 Å². The summed E-state index contributed by atoms with van der Waals surface area (Å²) >= 11 is 13.2. The molecule has 2 nitrogen and oxygen atoms in total. The van der Waals surface area contributed by atoms with Gasteiger partial charge in [-0.05, 0) is 70.9 Å². The summed E-state index contributed by atoms with van der Waals surface area (Å²) < 4.78 is 7.28. The van der Waals surface area contributed by atoms with E-state index in [0.717, 1.165) is 31.7 Å². The highest BCUT2D eigenvalue weighted by molar-refractivity contribution is 9.10. The highest BCUT2D eigenvalue weighted by atomic mass is 79.9. The van der Waals surface area contributed by atoms with Gasteiger partial charge < -0.3 is 10.1 Å². The Hall–Kier alpha value is -0.550. The zero-order valence-electron chi connectivity index (χ0n) is 11.8. The molecule has 0 aliphatic carbocycles. The molecule has 0 aliphatic heterocycles. The summed E-state index contributed by atoms with van der Waals surface area (Å²) in [4.78, 5) is 0. The Labute approximate surface area is 147 Å². The summed E-state index contributed by atoms with van der Waals surface area (Å²) in [5.74, 6) is 0.858. The van der Waals surface area contributed by atoms with Crippen molar-refractivity contribution in [2.75, 3.05) is 14.2 Å². The molecule has 0 radical (unpaired) electrons. The van der Waals surface area contributed by atoms with Gasteiger partial charge in [-0.15, -0.1) is 0 Å². The molecule has 1 unspecified atom stereocenters. The predicted molar refractivity (Wildman–Crippen MR) is 95.4 cm³/mol. The van der Waals surface area contributed by atoms with Crippen LogP contribution in [-0.2, 0) is 6.42 Å². The van der Waals surface area contributed by atoms with Crippen molar-refractivity contribution in [1.29, 1.82) is 0 Å². The van der Waals surface area contributed by atoms with E-state index in [1.54, 1.807) is 7.11 Å². The lowest BCUT2D eigenvalue weighted by Crippen LogP contribution is -2.19. The maximum atomic E-state index is 6.19. The molecule has 112 valence electrons. The Morgan fingerprint density at radius 3 is 2.48 bits per heavy atom. The fourth-order valence-corrected chi connectivity index (χ4v) is 3.01. The molecule has 1 atom stereocenters. The monoisotopic (exact) mass is 431 g/mol. The third kappa shape index (κ3) is 4.22. The van der Waals surface area contributed by atoms with Crippen LogP contribution in [0.25, 0.3) is 0 Å². The lowest BCUT2D eigenvalue weighted by molar-refractivity contribution is 0.414. The van der Waals surface area contributed by atoms with Crippen LogP contribution in [0, 0.1) is 0 Å². The Bertz CT molecular complexity index is 634. The maximum Gasteiger partial charge on any atom is 0.119 e. The van der Waals surface area contributed by atoms with E-state index in [9.17, 15) is 0 Å². The quantitative estimate of drug-likeness (QED) is 0.684. The minimum Gasteiger partial charge on any atom is -0.497 e. The van der Waals surface area contributed by atoms with Gasteiger partial charge in [-0.2, -0.15) is 0 Å². The highest BCUT2D eigenvalue weighted by Crippen LogP contribution is 2.30. The second-order valence-corrected chi connectivity index (χ2v) is 6.79. The molecule has 0 saturated carbocycles. The lowest BCUT2D eigenvalue weighted by Gasteiger charge is -2.18. The first-order valence-corrected chi connectivity index (χ1v) is 8.46.